The second kappa shape index (κ2) is 8.77. The lowest BCUT2D eigenvalue weighted by molar-refractivity contribution is -0.147. The van der Waals surface area contributed by atoms with Crippen molar-refractivity contribution in [2.24, 2.45) is 5.92 Å². The molecule has 1 fully saturated rings. The molecule has 0 aromatic heterocycles. The van der Waals surface area contributed by atoms with Crippen LogP contribution >= 0.6 is 0 Å². The van der Waals surface area contributed by atoms with Gasteiger partial charge in [-0.3, -0.25) is 9.59 Å². The maximum atomic E-state index is 13.6. The van der Waals surface area contributed by atoms with Gasteiger partial charge in [-0.05, 0) is 49.8 Å². The molecule has 190 valence electrons. The second-order valence-electron chi connectivity index (χ2n) is 9.56. The zero-order valence-corrected chi connectivity index (χ0v) is 20.1. The number of nitrogens with one attached hydrogen (secondary N) is 2. The van der Waals surface area contributed by atoms with E-state index < -0.39 is 44.4 Å². The van der Waals surface area contributed by atoms with E-state index in [0.29, 0.717) is 11.1 Å². The highest BCUT2D eigenvalue weighted by Gasteiger charge is 2.54. The molecule has 0 spiro atoms. The third-order valence-corrected chi connectivity index (χ3v) is 8.27. The molecule has 2 amide bonds. The molecule has 3 aliphatic carbocycles. The van der Waals surface area contributed by atoms with Crippen LogP contribution in [0.25, 0.3) is 0 Å². The monoisotopic (exact) mass is 512 g/mol. The first kappa shape index (κ1) is 25.4. The maximum Gasteiger partial charge on any atom is 0.516 e. The summed E-state index contributed by atoms with van der Waals surface area (Å²) in [5, 5.41) is 2.63. The SMILES string of the molecule is CC1=CC=CC(C(=O)NC2(C(=O)NS(=O)(=O)C(F)(F)F)Cc3ccccc3C2)C1(C)OC1CCC1. The summed E-state index contributed by atoms with van der Waals surface area (Å²) in [6.45, 7) is 3.60. The number of benzene rings is 1. The third kappa shape index (κ3) is 4.63. The van der Waals surface area contributed by atoms with Crippen LogP contribution in [0.2, 0.25) is 0 Å². The highest BCUT2D eigenvalue weighted by atomic mass is 32.2. The number of carbonyl (C=O) groups excluding carboxylic acids is 2. The van der Waals surface area contributed by atoms with Crippen LogP contribution < -0.4 is 10.0 Å². The van der Waals surface area contributed by atoms with Crippen LogP contribution in [0.3, 0.4) is 0 Å². The Morgan fingerprint density at radius 3 is 2.23 bits per heavy atom. The zero-order chi connectivity index (χ0) is 25.6. The number of halogens is 3. The lowest BCUT2D eigenvalue weighted by atomic mass is 9.77. The first-order chi connectivity index (χ1) is 16.3. The fourth-order valence-corrected chi connectivity index (χ4v) is 5.31. The summed E-state index contributed by atoms with van der Waals surface area (Å²) in [7, 11) is -5.96. The number of hydrogen-bond donors (Lipinski definition) is 2. The van der Waals surface area contributed by atoms with Crippen molar-refractivity contribution in [2.75, 3.05) is 0 Å². The first-order valence-corrected chi connectivity index (χ1v) is 12.8. The fraction of sp³-hybridized carbons (Fsp3) is 0.500. The largest absolute Gasteiger partial charge is 0.516 e. The first-order valence-electron chi connectivity index (χ1n) is 11.3. The number of carbonyl (C=O) groups is 2. The molecule has 2 N–H and O–H groups in total. The lowest BCUT2D eigenvalue weighted by Gasteiger charge is -2.44. The summed E-state index contributed by atoms with van der Waals surface area (Å²) in [5.74, 6) is -2.95. The van der Waals surface area contributed by atoms with Crippen LogP contribution in [-0.2, 0) is 37.2 Å². The average Bonchev–Trinajstić information content (AvgIpc) is 3.11. The van der Waals surface area contributed by atoms with Gasteiger partial charge in [0.1, 0.15) is 11.1 Å². The second-order valence-corrected chi connectivity index (χ2v) is 11.2. The van der Waals surface area contributed by atoms with Gasteiger partial charge in [-0.1, -0.05) is 42.5 Å². The van der Waals surface area contributed by atoms with Crippen molar-refractivity contribution in [1.82, 2.24) is 10.0 Å². The molecule has 0 aliphatic heterocycles. The summed E-state index contributed by atoms with van der Waals surface area (Å²) in [4.78, 5) is 26.7. The van der Waals surface area contributed by atoms with Crippen LogP contribution in [0.15, 0.2) is 48.1 Å². The Morgan fingerprint density at radius 2 is 1.71 bits per heavy atom. The zero-order valence-electron chi connectivity index (χ0n) is 19.3. The van der Waals surface area contributed by atoms with Crippen molar-refractivity contribution in [3.8, 4) is 0 Å². The number of hydrogen-bond acceptors (Lipinski definition) is 5. The Hall–Kier alpha value is -2.66. The van der Waals surface area contributed by atoms with Crippen molar-refractivity contribution >= 4 is 21.8 Å². The predicted octanol–water partition coefficient (Wildman–Crippen LogP) is 3.07. The van der Waals surface area contributed by atoms with E-state index in [1.165, 1.54) is 0 Å². The van der Waals surface area contributed by atoms with Crippen molar-refractivity contribution < 1.29 is 35.9 Å². The van der Waals surface area contributed by atoms with Crippen LogP contribution in [-0.4, -0.2) is 43.0 Å². The van der Waals surface area contributed by atoms with Crippen molar-refractivity contribution in [2.45, 2.75) is 68.7 Å². The van der Waals surface area contributed by atoms with Crippen LogP contribution in [0.5, 0.6) is 0 Å². The number of amides is 2. The summed E-state index contributed by atoms with van der Waals surface area (Å²) in [6, 6.07) is 6.77. The van der Waals surface area contributed by atoms with E-state index >= 15 is 0 Å². The molecule has 11 heteroatoms. The lowest BCUT2D eigenvalue weighted by Crippen LogP contribution is -2.64. The van der Waals surface area contributed by atoms with Gasteiger partial charge in [0, 0.05) is 12.8 Å². The number of fused-ring (bicyclic) bond motifs is 1. The molecular weight excluding hydrogens is 485 g/mol. The average molecular weight is 513 g/mol. The maximum absolute atomic E-state index is 13.6. The molecule has 0 bridgehead atoms. The molecule has 7 nitrogen and oxygen atoms in total. The molecule has 2 unspecified atom stereocenters. The van der Waals surface area contributed by atoms with Crippen molar-refractivity contribution in [3.05, 3.63) is 59.2 Å². The van der Waals surface area contributed by atoms with Gasteiger partial charge in [-0.25, -0.2) is 4.72 Å². The molecule has 3 aliphatic rings. The van der Waals surface area contributed by atoms with Crippen LogP contribution in [0.1, 0.15) is 44.2 Å². The molecule has 1 saturated carbocycles. The van der Waals surface area contributed by atoms with Gasteiger partial charge in [-0.15, -0.1) is 0 Å². The number of alkyl halides is 3. The molecule has 4 rings (SSSR count). The third-order valence-electron chi connectivity index (χ3n) is 7.20. The normalized spacial score (nSPS) is 25.9. The highest BCUT2D eigenvalue weighted by molar-refractivity contribution is 7.90. The number of allylic oxidation sites excluding steroid dienone is 2. The van der Waals surface area contributed by atoms with Crippen LogP contribution in [0.4, 0.5) is 13.2 Å². The van der Waals surface area contributed by atoms with Gasteiger partial charge in [0.2, 0.25) is 5.91 Å². The van der Waals surface area contributed by atoms with Gasteiger partial charge >= 0.3 is 15.5 Å². The van der Waals surface area contributed by atoms with Crippen molar-refractivity contribution in [1.29, 1.82) is 0 Å². The van der Waals surface area contributed by atoms with E-state index in [0.717, 1.165) is 29.6 Å². The standard InChI is InChI=1S/C24H27F3N2O5S/c1-15-7-5-12-19(22(15,2)34-18-10-6-11-18)20(30)28-23(13-16-8-3-4-9-17(16)14-23)21(31)29-35(32,33)24(25,26)27/h3-5,7-9,12,18-19H,6,10-11,13-14H2,1-2H3,(H,28,30)(H,29,31). The summed E-state index contributed by atoms with van der Waals surface area (Å²) < 4.78 is 69.9. The molecule has 0 heterocycles. The predicted molar refractivity (Wildman–Crippen MR) is 121 cm³/mol. The summed E-state index contributed by atoms with van der Waals surface area (Å²) in [5.41, 5.74) is -6.56. The molecule has 0 saturated heterocycles. The summed E-state index contributed by atoms with van der Waals surface area (Å²) >= 11 is 0. The minimum atomic E-state index is -5.96. The smallest absolute Gasteiger partial charge is 0.367 e. The quantitative estimate of drug-likeness (QED) is 0.610. The number of sulfonamides is 1. The minimum Gasteiger partial charge on any atom is -0.367 e. The van der Waals surface area contributed by atoms with Gasteiger partial charge in [0.15, 0.2) is 0 Å². The van der Waals surface area contributed by atoms with Gasteiger partial charge in [-0.2, -0.15) is 21.6 Å². The topological polar surface area (TPSA) is 102 Å². The van der Waals surface area contributed by atoms with E-state index in [9.17, 15) is 31.2 Å². The Kier molecular flexibility index (Phi) is 6.38. The molecule has 35 heavy (non-hydrogen) atoms. The Morgan fingerprint density at radius 1 is 1.11 bits per heavy atom. The Balaban J connectivity index is 1.65. The van der Waals surface area contributed by atoms with E-state index in [4.69, 9.17) is 4.74 Å². The van der Waals surface area contributed by atoms with Gasteiger partial charge in [0.25, 0.3) is 5.91 Å². The number of rotatable bonds is 6. The number of ether oxygens (including phenoxy) is 1. The highest BCUT2D eigenvalue weighted by Crippen LogP contribution is 2.40. The molecule has 1 aromatic rings. The Labute approximate surface area is 201 Å². The van der Waals surface area contributed by atoms with E-state index in [2.05, 4.69) is 5.32 Å². The van der Waals surface area contributed by atoms with Crippen LogP contribution in [0, 0.1) is 5.92 Å². The minimum absolute atomic E-state index is 0.0185. The fourth-order valence-electron chi connectivity index (χ4n) is 4.76. The van der Waals surface area contributed by atoms with Crippen molar-refractivity contribution in [3.63, 3.8) is 0 Å². The summed E-state index contributed by atoms with van der Waals surface area (Å²) in [6.07, 6.45) is 7.55. The van der Waals surface area contributed by atoms with Gasteiger partial charge in [0.05, 0.1) is 12.0 Å². The Bertz CT molecular complexity index is 1180. The van der Waals surface area contributed by atoms with E-state index in [-0.39, 0.29) is 18.9 Å². The van der Waals surface area contributed by atoms with Gasteiger partial charge < -0.3 is 10.1 Å². The molecule has 0 radical (unpaired) electrons. The molecule has 1 aromatic carbocycles. The molecule has 2 atom stereocenters. The van der Waals surface area contributed by atoms with E-state index in [1.807, 2.05) is 13.0 Å². The van der Waals surface area contributed by atoms with E-state index in [1.54, 1.807) is 43.3 Å². The molecular formula is C24H27F3N2O5S.